The van der Waals surface area contributed by atoms with Gasteiger partial charge in [-0.25, -0.2) is 4.99 Å². The molecule has 5 nitrogen and oxygen atoms in total. The minimum atomic E-state index is 0.513. The van der Waals surface area contributed by atoms with E-state index >= 15 is 0 Å². The molecule has 2 N–H and O–H groups in total. The van der Waals surface area contributed by atoms with Crippen molar-refractivity contribution < 1.29 is 4.74 Å². The first-order valence-electron chi connectivity index (χ1n) is 5.91. The molecule has 1 saturated heterocycles. The Balaban J connectivity index is 1.91. The first-order valence-corrected chi connectivity index (χ1v) is 7.06. The van der Waals surface area contributed by atoms with Crippen molar-refractivity contribution in [3.05, 3.63) is 24.0 Å². The number of ether oxygens (including phenoxy) is 1. The molecule has 98 valence electrons. The summed E-state index contributed by atoms with van der Waals surface area (Å²) in [5, 5.41) is 0. The zero-order valence-corrected chi connectivity index (χ0v) is 11.3. The van der Waals surface area contributed by atoms with Gasteiger partial charge in [0.25, 0.3) is 0 Å². The maximum Gasteiger partial charge on any atom is 0.191 e. The number of guanidine groups is 1. The van der Waals surface area contributed by atoms with Gasteiger partial charge in [-0.3, -0.25) is 4.98 Å². The molecule has 0 radical (unpaired) electrons. The summed E-state index contributed by atoms with van der Waals surface area (Å²) in [6, 6.07) is 3.78. The molecular formula is C12H18N4OS. The second-order valence-corrected chi connectivity index (χ2v) is 5.19. The zero-order valence-electron chi connectivity index (χ0n) is 10.5. The Kier molecular flexibility index (Phi) is 4.69. The minimum absolute atomic E-state index is 0.513. The Labute approximate surface area is 111 Å². The molecule has 0 bridgehead atoms. The third kappa shape index (κ3) is 3.53. The SMILES string of the molecule is COc1ccc(CN=C(N)N2CCSCC2)nc1. The highest BCUT2D eigenvalue weighted by atomic mass is 32.2. The predicted molar refractivity (Wildman–Crippen MR) is 75.0 cm³/mol. The molecule has 0 aliphatic carbocycles. The second-order valence-electron chi connectivity index (χ2n) is 3.96. The molecule has 0 spiro atoms. The van der Waals surface area contributed by atoms with E-state index in [1.807, 2.05) is 23.9 Å². The van der Waals surface area contributed by atoms with E-state index in [4.69, 9.17) is 10.5 Å². The van der Waals surface area contributed by atoms with Crippen molar-refractivity contribution in [2.24, 2.45) is 10.7 Å². The molecule has 1 fully saturated rings. The molecule has 1 aromatic heterocycles. The van der Waals surface area contributed by atoms with Crippen molar-refractivity contribution in [3.8, 4) is 5.75 Å². The van der Waals surface area contributed by atoms with Crippen molar-refractivity contribution in [2.75, 3.05) is 31.7 Å². The van der Waals surface area contributed by atoms with Crippen molar-refractivity contribution in [1.29, 1.82) is 0 Å². The smallest absolute Gasteiger partial charge is 0.191 e. The Bertz CT molecular complexity index is 401. The first-order chi connectivity index (χ1) is 8.79. The summed E-state index contributed by atoms with van der Waals surface area (Å²) in [4.78, 5) is 10.8. The van der Waals surface area contributed by atoms with E-state index in [0.717, 1.165) is 36.0 Å². The Morgan fingerprint density at radius 1 is 1.50 bits per heavy atom. The van der Waals surface area contributed by atoms with Crippen LogP contribution in [0.4, 0.5) is 0 Å². The maximum absolute atomic E-state index is 5.97. The van der Waals surface area contributed by atoms with Gasteiger partial charge in [0.1, 0.15) is 5.75 Å². The van der Waals surface area contributed by atoms with Crippen LogP contribution in [0.1, 0.15) is 5.69 Å². The van der Waals surface area contributed by atoms with Gasteiger partial charge in [-0.2, -0.15) is 11.8 Å². The van der Waals surface area contributed by atoms with Gasteiger partial charge >= 0.3 is 0 Å². The lowest BCUT2D eigenvalue weighted by Gasteiger charge is -2.27. The molecule has 0 amide bonds. The van der Waals surface area contributed by atoms with Crippen LogP contribution in [-0.2, 0) is 6.54 Å². The van der Waals surface area contributed by atoms with Crippen LogP contribution in [0.3, 0.4) is 0 Å². The van der Waals surface area contributed by atoms with Crippen LogP contribution in [0.25, 0.3) is 0 Å². The Morgan fingerprint density at radius 3 is 2.89 bits per heavy atom. The quantitative estimate of drug-likeness (QED) is 0.652. The third-order valence-electron chi connectivity index (χ3n) is 2.77. The van der Waals surface area contributed by atoms with Crippen LogP contribution in [0, 0.1) is 0 Å². The number of methoxy groups -OCH3 is 1. The number of thioether (sulfide) groups is 1. The Hall–Kier alpha value is -1.43. The lowest BCUT2D eigenvalue weighted by Crippen LogP contribution is -2.42. The van der Waals surface area contributed by atoms with Crippen LogP contribution >= 0.6 is 11.8 Å². The predicted octanol–water partition coefficient (Wildman–Crippen LogP) is 0.954. The van der Waals surface area contributed by atoms with Crippen molar-refractivity contribution >= 4 is 17.7 Å². The van der Waals surface area contributed by atoms with E-state index in [1.54, 1.807) is 13.3 Å². The summed E-state index contributed by atoms with van der Waals surface area (Å²) in [6.07, 6.45) is 1.69. The van der Waals surface area contributed by atoms with Crippen LogP contribution in [-0.4, -0.2) is 47.5 Å². The molecule has 1 aromatic rings. The van der Waals surface area contributed by atoms with Crippen molar-refractivity contribution in [3.63, 3.8) is 0 Å². The number of nitrogens with zero attached hydrogens (tertiary/aromatic N) is 3. The number of hydrogen-bond acceptors (Lipinski definition) is 4. The van der Waals surface area contributed by atoms with Gasteiger partial charge in [0.05, 0.1) is 25.5 Å². The average molecular weight is 266 g/mol. The molecule has 0 aromatic carbocycles. The highest BCUT2D eigenvalue weighted by Gasteiger charge is 2.11. The number of pyridine rings is 1. The summed E-state index contributed by atoms with van der Waals surface area (Å²) in [7, 11) is 1.63. The fourth-order valence-corrected chi connectivity index (χ4v) is 2.58. The molecule has 18 heavy (non-hydrogen) atoms. The molecule has 0 atom stereocenters. The third-order valence-corrected chi connectivity index (χ3v) is 3.71. The number of aliphatic imine (C=N–C) groups is 1. The number of nitrogens with two attached hydrogens (primary N) is 1. The van der Waals surface area contributed by atoms with E-state index in [9.17, 15) is 0 Å². The second kappa shape index (κ2) is 6.49. The topological polar surface area (TPSA) is 63.7 Å². The summed E-state index contributed by atoms with van der Waals surface area (Å²) in [5.41, 5.74) is 6.86. The largest absolute Gasteiger partial charge is 0.495 e. The first kappa shape index (κ1) is 13.0. The molecular weight excluding hydrogens is 248 g/mol. The van der Waals surface area contributed by atoms with Crippen LogP contribution in [0.2, 0.25) is 0 Å². The average Bonchev–Trinajstić information content (AvgIpc) is 2.46. The highest BCUT2D eigenvalue weighted by Crippen LogP contribution is 2.10. The standard InChI is InChI=1S/C12H18N4OS/c1-17-11-3-2-10(14-9-11)8-15-12(13)16-4-6-18-7-5-16/h2-3,9H,4-8H2,1H3,(H2,13,15). The van der Waals surface area contributed by atoms with E-state index in [2.05, 4.69) is 14.9 Å². The van der Waals surface area contributed by atoms with E-state index in [-0.39, 0.29) is 0 Å². The normalized spacial score (nSPS) is 16.7. The summed E-state index contributed by atoms with van der Waals surface area (Å²) >= 11 is 1.96. The van der Waals surface area contributed by atoms with Gasteiger partial charge in [-0.1, -0.05) is 0 Å². The van der Waals surface area contributed by atoms with Gasteiger partial charge < -0.3 is 15.4 Å². The number of rotatable bonds is 3. The summed E-state index contributed by atoms with van der Waals surface area (Å²) < 4.78 is 5.06. The van der Waals surface area contributed by atoms with Crippen LogP contribution in [0.5, 0.6) is 5.75 Å². The van der Waals surface area contributed by atoms with Crippen LogP contribution in [0.15, 0.2) is 23.3 Å². The molecule has 0 saturated carbocycles. The van der Waals surface area contributed by atoms with E-state index < -0.39 is 0 Å². The van der Waals surface area contributed by atoms with Gasteiger partial charge in [-0.15, -0.1) is 0 Å². The molecule has 2 heterocycles. The fourth-order valence-electron chi connectivity index (χ4n) is 1.68. The molecule has 2 rings (SSSR count). The van der Waals surface area contributed by atoms with E-state index in [0.29, 0.717) is 12.5 Å². The van der Waals surface area contributed by atoms with Crippen molar-refractivity contribution in [2.45, 2.75) is 6.54 Å². The molecule has 1 aliphatic rings. The summed E-state index contributed by atoms with van der Waals surface area (Å²) in [5.74, 6) is 3.62. The minimum Gasteiger partial charge on any atom is -0.495 e. The number of hydrogen-bond donors (Lipinski definition) is 1. The maximum atomic E-state index is 5.97. The lowest BCUT2D eigenvalue weighted by atomic mass is 10.3. The molecule has 0 unspecified atom stereocenters. The van der Waals surface area contributed by atoms with Gasteiger partial charge in [0.2, 0.25) is 0 Å². The highest BCUT2D eigenvalue weighted by molar-refractivity contribution is 7.99. The summed E-state index contributed by atoms with van der Waals surface area (Å²) in [6.45, 7) is 2.48. The van der Waals surface area contributed by atoms with Crippen molar-refractivity contribution in [1.82, 2.24) is 9.88 Å². The molecule has 1 aliphatic heterocycles. The zero-order chi connectivity index (χ0) is 12.8. The van der Waals surface area contributed by atoms with E-state index in [1.165, 1.54) is 0 Å². The lowest BCUT2D eigenvalue weighted by molar-refractivity contribution is 0.412. The molecule has 6 heteroatoms. The number of aromatic nitrogens is 1. The van der Waals surface area contributed by atoms with Gasteiger partial charge in [-0.05, 0) is 12.1 Å². The van der Waals surface area contributed by atoms with Gasteiger partial charge in [0.15, 0.2) is 5.96 Å². The van der Waals surface area contributed by atoms with Gasteiger partial charge in [0, 0.05) is 24.6 Å². The van der Waals surface area contributed by atoms with Crippen LogP contribution < -0.4 is 10.5 Å². The monoisotopic (exact) mass is 266 g/mol. The Morgan fingerprint density at radius 2 is 2.28 bits per heavy atom. The fraction of sp³-hybridized carbons (Fsp3) is 0.500.